The molecular formula is C13H16O7. The van der Waals surface area contributed by atoms with Crippen molar-refractivity contribution in [2.75, 3.05) is 13.2 Å². The van der Waals surface area contributed by atoms with Gasteiger partial charge in [0.25, 0.3) is 0 Å². The number of esters is 1. The van der Waals surface area contributed by atoms with E-state index in [0.717, 1.165) is 0 Å². The summed E-state index contributed by atoms with van der Waals surface area (Å²) in [6.45, 7) is 0.691. The van der Waals surface area contributed by atoms with Crippen LogP contribution in [0.5, 0.6) is 5.75 Å². The second-order valence-electron chi connectivity index (χ2n) is 3.98. The molecule has 7 heteroatoms. The molecule has 0 radical (unpaired) electrons. The SMILES string of the molecule is CCOC(=O)C(O)C(O)(O)COc1ccccc1C=O. The van der Waals surface area contributed by atoms with Gasteiger partial charge in [-0.25, -0.2) is 4.79 Å². The highest BCUT2D eigenvalue weighted by Gasteiger charge is 2.40. The monoisotopic (exact) mass is 284 g/mol. The molecule has 1 aromatic rings. The maximum atomic E-state index is 11.2. The van der Waals surface area contributed by atoms with E-state index in [4.69, 9.17) is 4.74 Å². The molecule has 0 saturated heterocycles. The zero-order valence-corrected chi connectivity index (χ0v) is 10.9. The van der Waals surface area contributed by atoms with E-state index in [-0.39, 0.29) is 17.9 Å². The number of hydrogen-bond donors (Lipinski definition) is 3. The van der Waals surface area contributed by atoms with Crippen LogP contribution < -0.4 is 4.74 Å². The second-order valence-corrected chi connectivity index (χ2v) is 3.98. The van der Waals surface area contributed by atoms with Crippen molar-refractivity contribution in [1.29, 1.82) is 0 Å². The van der Waals surface area contributed by atoms with Crippen molar-refractivity contribution < 1.29 is 34.4 Å². The molecule has 0 spiro atoms. The molecule has 110 valence electrons. The number of carbonyl (C=O) groups is 2. The van der Waals surface area contributed by atoms with Crippen molar-refractivity contribution >= 4 is 12.3 Å². The first-order chi connectivity index (χ1) is 9.42. The standard InChI is InChI=1S/C13H16O7/c1-2-19-12(16)11(15)13(17,18)8-20-10-6-4-3-5-9(10)7-14/h3-7,11,15,17-18H,2,8H2,1H3. The molecule has 1 unspecified atom stereocenters. The lowest BCUT2D eigenvalue weighted by atomic mass is 10.1. The van der Waals surface area contributed by atoms with Crippen LogP contribution in [0, 0.1) is 0 Å². The Bertz CT molecular complexity index is 470. The van der Waals surface area contributed by atoms with Crippen LogP contribution in [-0.2, 0) is 9.53 Å². The summed E-state index contributed by atoms with van der Waals surface area (Å²) in [5.41, 5.74) is 0.203. The third kappa shape index (κ3) is 4.02. The van der Waals surface area contributed by atoms with Crippen molar-refractivity contribution in [1.82, 2.24) is 0 Å². The van der Waals surface area contributed by atoms with Crippen molar-refractivity contribution in [2.24, 2.45) is 0 Å². The zero-order chi connectivity index (χ0) is 15.2. The first-order valence-corrected chi connectivity index (χ1v) is 5.88. The Kier molecular flexibility index (Phi) is 5.63. The quantitative estimate of drug-likeness (QED) is 0.351. The van der Waals surface area contributed by atoms with Gasteiger partial charge >= 0.3 is 5.97 Å². The maximum absolute atomic E-state index is 11.2. The number of hydrogen-bond acceptors (Lipinski definition) is 7. The van der Waals surface area contributed by atoms with Crippen molar-refractivity contribution in [3.8, 4) is 5.75 Å². The Morgan fingerprint density at radius 2 is 2.05 bits per heavy atom. The van der Waals surface area contributed by atoms with Crippen molar-refractivity contribution in [2.45, 2.75) is 18.8 Å². The molecule has 0 heterocycles. The molecule has 0 aliphatic heterocycles. The maximum Gasteiger partial charge on any atom is 0.340 e. The lowest BCUT2D eigenvalue weighted by molar-refractivity contribution is -0.243. The van der Waals surface area contributed by atoms with Crippen LogP contribution in [0.2, 0.25) is 0 Å². The average molecular weight is 284 g/mol. The molecule has 7 nitrogen and oxygen atoms in total. The van der Waals surface area contributed by atoms with E-state index in [2.05, 4.69) is 4.74 Å². The van der Waals surface area contributed by atoms with Gasteiger partial charge in [-0.05, 0) is 19.1 Å². The predicted octanol–water partition coefficient (Wildman–Crippen LogP) is -0.517. The highest BCUT2D eigenvalue weighted by molar-refractivity contribution is 5.79. The summed E-state index contributed by atoms with van der Waals surface area (Å²) in [7, 11) is 0. The highest BCUT2D eigenvalue weighted by atomic mass is 16.6. The second kappa shape index (κ2) is 6.99. The van der Waals surface area contributed by atoms with E-state index in [0.29, 0.717) is 6.29 Å². The summed E-state index contributed by atoms with van der Waals surface area (Å²) >= 11 is 0. The highest BCUT2D eigenvalue weighted by Crippen LogP contribution is 2.18. The van der Waals surface area contributed by atoms with E-state index in [1.807, 2.05) is 0 Å². The predicted molar refractivity (Wildman–Crippen MR) is 67.1 cm³/mol. The molecule has 0 bridgehead atoms. The molecule has 0 amide bonds. The zero-order valence-electron chi connectivity index (χ0n) is 10.9. The number of benzene rings is 1. The number of carbonyl (C=O) groups excluding carboxylic acids is 2. The number of rotatable bonds is 7. The van der Waals surface area contributed by atoms with Crippen LogP contribution in [0.1, 0.15) is 17.3 Å². The van der Waals surface area contributed by atoms with Gasteiger partial charge in [-0.1, -0.05) is 12.1 Å². The number of para-hydroxylation sites is 1. The number of ether oxygens (including phenoxy) is 2. The van der Waals surface area contributed by atoms with E-state index in [9.17, 15) is 24.9 Å². The van der Waals surface area contributed by atoms with E-state index in [1.165, 1.54) is 19.1 Å². The molecule has 3 N–H and O–H groups in total. The van der Waals surface area contributed by atoms with E-state index < -0.39 is 24.5 Å². The minimum atomic E-state index is -2.83. The van der Waals surface area contributed by atoms with Crippen LogP contribution in [0.25, 0.3) is 0 Å². The van der Waals surface area contributed by atoms with E-state index in [1.54, 1.807) is 12.1 Å². The van der Waals surface area contributed by atoms with Crippen molar-refractivity contribution in [3.05, 3.63) is 29.8 Å². The van der Waals surface area contributed by atoms with Crippen molar-refractivity contribution in [3.63, 3.8) is 0 Å². The summed E-state index contributed by atoms with van der Waals surface area (Å²) in [5.74, 6) is -3.90. The molecule has 1 aromatic carbocycles. The summed E-state index contributed by atoms with van der Waals surface area (Å²) in [6, 6.07) is 6.10. The van der Waals surface area contributed by atoms with Gasteiger partial charge in [-0.15, -0.1) is 0 Å². The fraction of sp³-hybridized carbons (Fsp3) is 0.385. The largest absolute Gasteiger partial charge is 0.487 e. The van der Waals surface area contributed by atoms with Gasteiger partial charge in [0.1, 0.15) is 12.4 Å². The Morgan fingerprint density at radius 1 is 1.40 bits per heavy atom. The van der Waals surface area contributed by atoms with Gasteiger partial charge in [-0.2, -0.15) is 0 Å². The minimum Gasteiger partial charge on any atom is -0.487 e. The molecule has 20 heavy (non-hydrogen) atoms. The Morgan fingerprint density at radius 3 is 2.65 bits per heavy atom. The lowest BCUT2D eigenvalue weighted by Gasteiger charge is -2.25. The summed E-state index contributed by atoms with van der Waals surface area (Å²) < 4.78 is 9.51. The summed E-state index contributed by atoms with van der Waals surface area (Å²) in [5, 5.41) is 28.6. The van der Waals surface area contributed by atoms with Gasteiger partial charge in [0.2, 0.25) is 11.9 Å². The smallest absolute Gasteiger partial charge is 0.340 e. The van der Waals surface area contributed by atoms with Gasteiger partial charge in [0.15, 0.2) is 6.29 Å². The number of aldehydes is 1. The molecule has 1 atom stereocenters. The van der Waals surface area contributed by atoms with Crippen LogP contribution in [0.3, 0.4) is 0 Å². The van der Waals surface area contributed by atoms with Crippen LogP contribution in [0.15, 0.2) is 24.3 Å². The minimum absolute atomic E-state index is 0.0131. The topological polar surface area (TPSA) is 113 Å². The van der Waals surface area contributed by atoms with Crippen LogP contribution in [-0.4, -0.2) is 52.7 Å². The third-order valence-corrected chi connectivity index (χ3v) is 2.43. The number of aliphatic hydroxyl groups is 3. The molecule has 1 rings (SSSR count). The number of aliphatic hydroxyl groups excluding tert-OH is 1. The normalized spacial score (nSPS) is 12.6. The summed E-state index contributed by atoms with van der Waals surface area (Å²) in [4.78, 5) is 22.0. The fourth-order valence-electron chi connectivity index (χ4n) is 1.38. The summed E-state index contributed by atoms with van der Waals surface area (Å²) in [6.07, 6.45) is -1.64. The van der Waals surface area contributed by atoms with Gasteiger partial charge < -0.3 is 24.8 Å². The van der Waals surface area contributed by atoms with Gasteiger partial charge in [0.05, 0.1) is 12.2 Å². The van der Waals surface area contributed by atoms with Gasteiger partial charge in [0, 0.05) is 0 Å². The van der Waals surface area contributed by atoms with E-state index >= 15 is 0 Å². The Hall–Kier alpha value is -1.96. The fourth-order valence-corrected chi connectivity index (χ4v) is 1.38. The Balaban J connectivity index is 2.71. The molecule has 0 aliphatic rings. The van der Waals surface area contributed by atoms with Crippen LogP contribution in [0.4, 0.5) is 0 Å². The van der Waals surface area contributed by atoms with Gasteiger partial charge in [-0.3, -0.25) is 4.79 Å². The molecular weight excluding hydrogens is 268 g/mol. The average Bonchev–Trinajstić information content (AvgIpc) is 2.44. The first-order valence-electron chi connectivity index (χ1n) is 5.88. The molecule has 0 aromatic heterocycles. The molecule has 0 saturated carbocycles. The molecule has 0 aliphatic carbocycles. The van der Waals surface area contributed by atoms with Crippen LogP contribution >= 0.6 is 0 Å². The molecule has 0 fully saturated rings. The Labute approximate surface area is 115 Å². The first kappa shape index (κ1) is 16.1. The lowest BCUT2D eigenvalue weighted by Crippen LogP contribution is -2.52. The third-order valence-electron chi connectivity index (χ3n) is 2.43.